The van der Waals surface area contributed by atoms with Crippen LogP contribution in [0.1, 0.15) is 39.7 Å². The van der Waals surface area contributed by atoms with E-state index < -0.39 is 0 Å². The van der Waals surface area contributed by atoms with Crippen molar-refractivity contribution in [3.05, 3.63) is 34.1 Å². The maximum absolute atomic E-state index is 13.1. The molecule has 1 atom stereocenters. The maximum atomic E-state index is 13.1. The highest BCUT2D eigenvalue weighted by atomic mass is 79.9. The van der Waals surface area contributed by atoms with Crippen molar-refractivity contribution in [1.82, 2.24) is 5.32 Å². The quantitative estimate of drug-likeness (QED) is 0.840. The van der Waals surface area contributed by atoms with E-state index in [1.165, 1.54) is 11.6 Å². The van der Waals surface area contributed by atoms with E-state index >= 15 is 0 Å². The van der Waals surface area contributed by atoms with Crippen LogP contribution in [0.5, 0.6) is 0 Å². The lowest BCUT2D eigenvalue weighted by atomic mass is 9.97. The minimum atomic E-state index is -0.194. The van der Waals surface area contributed by atoms with Crippen LogP contribution in [0.2, 0.25) is 0 Å². The fraction of sp³-hybridized carbons (Fsp3) is 0.600. The zero-order valence-corrected chi connectivity index (χ0v) is 13.3. The van der Waals surface area contributed by atoms with Gasteiger partial charge in [-0.1, -0.05) is 13.0 Å². The second-order valence-corrected chi connectivity index (χ2v) is 6.88. The molecule has 0 bridgehead atoms. The molecule has 0 amide bonds. The maximum Gasteiger partial charge on any atom is 0.137 e. The number of halogens is 2. The van der Waals surface area contributed by atoms with Gasteiger partial charge in [-0.25, -0.2) is 4.39 Å². The van der Waals surface area contributed by atoms with Crippen LogP contribution in [-0.2, 0) is 6.42 Å². The van der Waals surface area contributed by atoms with Crippen molar-refractivity contribution in [2.75, 3.05) is 6.54 Å². The Hall–Kier alpha value is -0.410. The Morgan fingerprint density at radius 2 is 2.00 bits per heavy atom. The van der Waals surface area contributed by atoms with Gasteiger partial charge in [0.1, 0.15) is 5.82 Å². The molecule has 0 heterocycles. The summed E-state index contributed by atoms with van der Waals surface area (Å²) < 4.78 is 13.7. The molecular formula is C15H23BrFN. The van der Waals surface area contributed by atoms with Crippen LogP contribution in [0.25, 0.3) is 0 Å². The van der Waals surface area contributed by atoms with Crippen LogP contribution < -0.4 is 5.32 Å². The van der Waals surface area contributed by atoms with Crippen molar-refractivity contribution in [2.24, 2.45) is 5.92 Å². The Kier molecular flexibility index (Phi) is 5.80. The SMILES string of the molecule is CC(CCNC(C)(C)C)Cc1ccc(F)c(Br)c1. The number of benzene rings is 1. The molecule has 18 heavy (non-hydrogen) atoms. The van der Waals surface area contributed by atoms with E-state index in [-0.39, 0.29) is 11.4 Å². The first-order valence-electron chi connectivity index (χ1n) is 6.47. The summed E-state index contributed by atoms with van der Waals surface area (Å²) >= 11 is 3.23. The highest BCUT2D eigenvalue weighted by Crippen LogP contribution is 2.19. The third kappa shape index (κ3) is 5.96. The number of nitrogens with one attached hydrogen (secondary N) is 1. The molecule has 3 heteroatoms. The molecule has 0 saturated carbocycles. The van der Waals surface area contributed by atoms with Gasteiger partial charge in [0.25, 0.3) is 0 Å². The lowest BCUT2D eigenvalue weighted by Gasteiger charge is -2.22. The molecule has 102 valence electrons. The van der Waals surface area contributed by atoms with Gasteiger partial charge in [0.15, 0.2) is 0 Å². The topological polar surface area (TPSA) is 12.0 Å². The average Bonchev–Trinajstić information content (AvgIpc) is 2.21. The molecule has 1 nitrogen and oxygen atoms in total. The predicted molar refractivity (Wildman–Crippen MR) is 79.3 cm³/mol. The average molecular weight is 316 g/mol. The van der Waals surface area contributed by atoms with Crippen molar-refractivity contribution >= 4 is 15.9 Å². The molecule has 0 aliphatic carbocycles. The van der Waals surface area contributed by atoms with Crippen LogP contribution >= 0.6 is 15.9 Å². The standard InChI is InChI=1S/C15H23BrFN/c1-11(7-8-18-15(2,3)4)9-12-5-6-14(17)13(16)10-12/h5-6,10-11,18H,7-9H2,1-4H3. The first-order chi connectivity index (χ1) is 8.28. The highest BCUT2D eigenvalue weighted by Gasteiger charge is 2.10. The Labute approximate surface area is 118 Å². The predicted octanol–water partition coefficient (Wildman–Crippen LogP) is 4.55. The molecule has 0 aliphatic rings. The van der Waals surface area contributed by atoms with E-state index in [9.17, 15) is 4.39 Å². The van der Waals surface area contributed by atoms with E-state index in [2.05, 4.69) is 48.9 Å². The third-order valence-corrected chi connectivity index (χ3v) is 3.47. The van der Waals surface area contributed by atoms with Crippen LogP contribution in [0, 0.1) is 11.7 Å². The number of rotatable bonds is 5. The number of hydrogen-bond acceptors (Lipinski definition) is 1. The Morgan fingerprint density at radius 3 is 2.56 bits per heavy atom. The van der Waals surface area contributed by atoms with Gasteiger partial charge in [0.2, 0.25) is 0 Å². The summed E-state index contributed by atoms with van der Waals surface area (Å²) in [6.45, 7) is 9.78. The molecule has 0 aromatic heterocycles. The molecular weight excluding hydrogens is 293 g/mol. The zero-order valence-electron chi connectivity index (χ0n) is 11.7. The molecule has 0 spiro atoms. The number of hydrogen-bond donors (Lipinski definition) is 1. The summed E-state index contributed by atoms with van der Waals surface area (Å²) in [7, 11) is 0. The Morgan fingerprint density at radius 1 is 1.33 bits per heavy atom. The summed E-state index contributed by atoms with van der Waals surface area (Å²) in [5.74, 6) is 0.401. The van der Waals surface area contributed by atoms with Crippen molar-refractivity contribution in [1.29, 1.82) is 0 Å². The first-order valence-corrected chi connectivity index (χ1v) is 7.26. The van der Waals surface area contributed by atoms with Gasteiger partial charge in [-0.2, -0.15) is 0 Å². The van der Waals surface area contributed by atoms with Crippen LogP contribution in [0.3, 0.4) is 0 Å². The van der Waals surface area contributed by atoms with Gasteiger partial charge in [-0.15, -0.1) is 0 Å². The van der Waals surface area contributed by atoms with Crippen molar-refractivity contribution in [2.45, 2.75) is 46.1 Å². The smallest absolute Gasteiger partial charge is 0.137 e. The largest absolute Gasteiger partial charge is 0.312 e. The summed E-state index contributed by atoms with van der Waals surface area (Å²) in [6.07, 6.45) is 2.12. The van der Waals surface area contributed by atoms with Gasteiger partial charge in [0, 0.05) is 5.54 Å². The van der Waals surface area contributed by atoms with Gasteiger partial charge < -0.3 is 5.32 Å². The fourth-order valence-corrected chi connectivity index (χ4v) is 2.29. The highest BCUT2D eigenvalue weighted by molar-refractivity contribution is 9.10. The van der Waals surface area contributed by atoms with E-state index in [1.807, 2.05) is 12.1 Å². The van der Waals surface area contributed by atoms with Crippen molar-refractivity contribution in [3.63, 3.8) is 0 Å². The Balaban J connectivity index is 2.40. The monoisotopic (exact) mass is 315 g/mol. The minimum Gasteiger partial charge on any atom is -0.312 e. The molecule has 0 radical (unpaired) electrons. The molecule has 0 aliphatic heterocycles. The molecule has 1 unspecified atom stereocenters. The van der Waals surface area contributed by atoms with Gasteiger partial charge in [0.05, 0.1) is 4.47 Å². The van der Waals surface area contributed by atoms with E-state index in [4.69, 9.17) is 0 Å². The summed E-state index contributed by atoms with van der Waals surface area (Å²) in [4.78, 5) is 0. The first kappa shape index (κ1) is 15.6. The van der Waals surface area contributed by atoms with Gasteiger partial charge >= 0.3 is 0 Å². The van der Waals surface area contributed by atoms with Crippen LogP contribution in [0.4, 0.5) is 4.39 Å². The normalized spacial score (nSPS) is 13.7. The molecule has 1 N–H and O–H groups in total. The minimum absolute atomic E-state index is 0.179. The Bertz CT molecular complexity index is 385. The van der Waals surface area contributed by atoms with Crippen LogP contribution in [-0.4, -0.2) is 12.1 Å². The zero-order chi connectivity index (χ0) is 13.8. The van der Waals surface area contributed by atoms with E-state index in [1.54, 1.807) is 0 Å². The second kappa shape index (κ2) is 6.67. The summed E-state index contributed by atoms with van der Waals surface area (Å²) in [5.41, 5.74) is 1.37. The molecule has 1 rings (SSSR count). The lowest BCUT2D eigenvalue weighted by Crippen LogP contribution is -2.37. The van der Waals surface area contributed by atoms with E-state index in [0.29, 0.717) is 10.4 Å². The molecule has 0 fully saturated rings. The van der Waals surface area contributed by atoms with Crippen LogP contribution in [0.15, 0.2) is 22.7 Å². The van der Waals surface area contributed by atoms with Gasteiger partial charge in [-0.05, 0) is 79.7 Å². The summed E-state index contributed by atoms with van der Waals surface area (Å²) in [5, 5.41) is 3.49. The summed E-state index contributed by atoms with van der Waals surface area (Å²) in [6, 6.07) is 5.27. The molecule has 0 saturated heterocycles. The van der Waals surface area contributed by atoms with Crippen molar-refractivity contribution < 1.29 is 4.39 Å². The van der Waals surface area contributed by atoms with E-state index in [0.717, 1.165) is 19.4 Å². The van der Waals surface area contributed by atoms with Gasteiger partial charge in [-0.3, -0.25) is 0 Å². The second-order valence-electron chi connectivity index (χ2n) is 6.02. The third-order valence-electron chi connectivity index (χ3n) is 2.86. The van der Waals surface area contributed by atoms with Crippen molar-refractivity contribution in [3.8, 4) is 0 Å². The lowest BCUT2D eigenvalue weighted by molar-refractivity contribution is 0.394. The fourth-order valence-electron chi connectivity index (χ4n) is 1.86. The molecule has 1 aromatic carbocycles. The molecule has 1 aromatic rings.